The third kappa shape index (κ3) is 4.71. The average Bonchev–Trinajstić information content (AvgIpc) is 3.48. The Labute approximate surface area is 198 Å². The SMILES string of the molecule is Cc1cc(C(=O)NCC(C)C)ccc1NC(=O)c1cc(-c2ccco2)nc2c1cnn2C(C)C. The molecule has 0 bridgehead atoms. The van der Waals surface area contributed by atoms with Crippen LogP contribution in [-0.2, 0) is 0 Å². The topological polar surface area (TPSA) is 102 Å². The maximum atomic E-state index is 13.4. The van der Waals surface area contributed by atoms with E-state index in [1.807, 2.05) is 34.6 Å². The number of nitrogens with one attached hydrogen (secondary N) is 2. The zero-order chi connectivity index (χ0) is 24.4. The summed E-state index contributed by atoms with van der Waals surface area (Å²) in [6.07, 6.45) is 3.24. The largest absolute Gasteiger partial charge is 0.463 e. The predicted molar refractivity (Wildman–Crippen MR) is 132 cm³/mol. The summed E-state index contributed by atoms with van der Waals surface area (Å²) in [7, 11) is 0. The van der Waals surface area contributed by atoms with Gasteiger partial charge in [0.1, 0.15) is 5.69 Å². The number of hydrogen-bond donors (Lipinski definition) is 2. The minimum Gasteiger partial charge on any atom is -0.463 e. The van der Waals surface area contributed by atoms with Crippen LogP contribution in [0.3, 0.4) is 0 Å². The van der Waals surface area contributed by atoms with Crippen molar-refractivity contribution in [2.45, 2.75) is 40.7 Å². The normalized spacial score (nSPS) is 11.4. The van der Waals surface area contributed by atoms with Gasteiger partial charge in [0.15, 0.2) is 11.4 Å². The van der Waals surface area contributed by atoms with Crippen molar-refractivity contribution in [3.05, 3.63) is 65.5 Å². The van der Waals surface area contributed by atoms with E-state index < -0.39 is 0 Å². The van der Waals surface area contributed by atoms with E-state index in [4.69, 9.17) is 9.40 Å². The molecule has 4 rings (SSSR count). The highest BCUT2D eigenvalue weighted by atomic mass is 16.3. The van der Waals surface area contributed by atoms with Gasteiger partial charge in [-0.25, -0.2) is 9.67 Å². The van der Waals surface area contributed by atoms with E-state index in [0.29, 0.717) is 51.8 Å². The second-order valence-electron chi connectivity index (χ2n) is 9.04. The van der Waals surface area contributed by atoms with Gasteiger partial charge in [-0.1, -0.05) is 13.8 Å². The Morgan fingerprint density at radius 1 is 1.09 bits per heavy atom. The zero-order valence-electron chi connectivity index (χ0n) is 20.0. The zero-order valence-corrected chi connectivity index (χ0v) is 20.0. The molecule has 176 valence electrons. The molecule has 0 aliphatic rings. The molecule has 3 heterocycles. The third-order valence-electron chi connectivity index (χ3n) is 5.48. The first kappa shape index (κ1) is 23.2. The van der Waals surface area contributed by atoms with Crippen molar-refractivity contribution < 1.29 is 14.0 Å². The lowest BCUT2D eigenvalue weighted by Crippen LogP contribution is -2.27. The molecule has 4 aromatic rings. The number of furan rings is 1. The van der Waals surface area contributed by atoms with Crippen LogP contribution in [-0.4, -0.2) is 33.1 Å². The smallest absolute Gasteiger partial charge is 0.256 e. The lowest BCUT2D eigenvalue weighted by atomic mass is 10.1. The van der Waals surface area contributed by atoms with Crippen molar-refractivity contribution in [1.82, 2.24) is 20.1 Å². The first-order valence-corrected chi connectivity index (χ1v) is 11.4. The Morgan fingerprint density at radius 2 is 1.88 bits per heavy atom. The number of fused-ring (bicyclic) bond motifs is 1. The molecule has 8 nitrogen and oxygen atoms in total. The number of amides is 2. The summed E-state index contributed by atoms with van der Waals surface area (Å²) in [6.45, 7) is 10.6. The number of aromatic nitrogens is 3. The van der Waals surface area contributed by atoms with Crippen LogP contribution >= 0.6 is 0 Å². The van der Waals surface area contributed by atoms with Gasteiger partial charge < -0.3 is 15.1 Å². The van der Waals surface area contributed by atoms with Crippen LogP contribution in [0.15, 0.2) is 53.3 Å². The summed E-state index contributed by atoms with van der Waals surface area (Å²) < 4.78 is 7.31. The Balaban J connectivity index is 1.66. The fourth-order valence-corrected chi connectivity index (χ4v) is 3.67. The molecule has 0 radical (unpaired) electrons. The molecule has 3 aromatic heterocycles. The number of carbonyl (C=O) groups is 2. The predicted octanol–water partition coefficient (Wildman–Crippen LogP) is 5.22. The minimum absolute atomic E-state index is 0.0735. The number of carbonyl (C=O) groups excluding carboxylic acids is 2. The van der Waals surface area contributed by atoms with E-state index in [2.05, 4.69) is 15.7 Å². The number of nitrogens with zero attached hydrogens (tertiary/aromatic N) is 3. The molecule has 0 saturated heterocycles. The summed E-state index contributed by atoms with van der Waals surface area (Å²) >= 11 is 0. The van der Waals surface area contributed by atoms with Crippen LogP contribution in [0, 0.1) is 12.8 Å². The minimum atomic E-state index is -0.288. The van der Waals surface area contributed by atoms with Gasteiger partial charge in [-0.2, -0.15) is 5.10 Å². The second kappa shape index (κ2) is 9.51. The standard InChI is InChI=1S/C26H29N5O3/c1-15(2)13-27-25(32)18-8-9-21(17(5)11-18)30-26(33)19-12-22(23-7-6-10-34-23)29-24-20(19)14-28-31(24)16(3)4/h6-12,14-16H,13H2,1-5H3,(H,27,32)(H,30,33). The van der Waals surface area contributed by atoms with E-state index in [0.717, 1.165) is 5.56 Å². The Morgan fingerprint density at radius 3 is 2.53 bits per heavy atom. The van der Waals surface area contributed by atoms with Gasteiger partial charge in [0, 0.05) is 23.8 Å². The number of pyridine rings is 1. The molecule has 0 fully saturated rings. The Bertz CT molecular complexity index is 1340. The molecule has 34 heavy (non-hydrogen) atoms. The van der Waals surface area contributed by atoms with Crippen LogP contribution in [0.5, 0.6) is 0 Å². The molecule has 2 N–H and O–H groups in total. The number of anilines is 1. The Hall–Kier alpha value is -3.94. The monoisotopic (exact) mass is 459 g/mol. The fraction of sp³-hybridized carbons (Fsp3) is 0.308. The maximum Gasteiger partial charge on any atom is 0.256 e. The van der Waals surface area contributed by atoms with E-state index >= 15 is 0 Å². The summed E-state index contributed by atoms with van der Waals surface area (Å²) in [6, 6.07) is 10.6. The summed E-state index contributed by atoms with van der Waals surface area (Å²) in [5.41, 5.74) is 3.59. The molecule has 0 aliphatic heterocycles. The highest BCUT2D eigenvalue weighted by Gasteiger charge is 2.20. The third-order valence-corrected chi connectivity index (χ3v) is 5.48. The summed E-state index contributed by atoms with van der Waals surface area (Å²) in [5.74, 6) is 0.519. The molecular formula is C26H29N5O3. The summed E-state index contributed by atoms with van der Waals surface area (Å²) in [5, 5.41) is 11.0. The lowest BCUT2D eigenvalue weighted by Gasteiger charge is -2.13. The molecule has 2 amide bonds. The first-order chi connectivity index (χ1) is 16.2. The van der Waals surface area contributed by atoms with Gasteiger partial charge in [0.25, 0.3) is 11.8 Å². The van der Waals surface area contributed by atoms with Crippen molar-refractivity contribution in [1.29, 1.82) is 0 Å². The molecule has 0 spiro atoms. The molecular weight excluding hydrogens is 430 g/mol. The van der Waals surface area contributed by atoms with Gasteiger partial charge >= 0.3 is 0 Å². The van der Waals surface area contributed by atoms with Crippen LogP contribution in [0.2, 0.25) is 0 Å². The molecule has 0 unspecified atom stereocenters. The van der Waals surface area contributed by atoms with Crippen LogP contribution in [0.25, 0.3) is 22.5 Å². The summed E-state index contributed by atoms with van der Waals surface area (Å²) in [4.78, 5) is 30.5. The highest BCUT2D eigenvalue weighted by molar-refractivity contribution is 6.13. The molecule has 1 aromatic carbocycles. The highest BCUT2D eigenvalue weighted by Crippen LogP contribution is 2.28. The van der Waals surface area contributed by atoms with Gasteiger partial charge in [-0.05, 0) is 68.7 Å². The van der Waals surface area contributed by atoms with E-state index in [9.17, 15) is 9.59 Å². The Kier molecular flexibility index (Phi) is 6.49. The quantitative estimate of drug-likeness (QED) is 0.395. The molecule has 0 saturated carbocycles. The van der Waals surface area contributed by atoms with Gasteiger partial charge in [-0.3, -0.25) is 9.59 Å². The van der Waals surface area contributed by atoms with Gasteiger partial charge in [-0.15, -0.1) is 0 Å². The van der Waals surface area contributed by atoms with E-state index in [1.54, 1.807) is 53.5 Å². The van der Waals surface area contributed by atoms with Crippen LogP contribution < -0.4 is 10.6 Å². The van der Waals surface area contributed by atoms with Gasteiger partial charge in [0.2, 0.25) is 0 Å². The van der Waals surface area contributed by atoms with Crippen molar-refractivity contribution in [2.24, 2.45) is 5.92 Å². The molecule has 8 heteroatoms. The maximum absolute atomic E-state index is 13.4. The van der Waals surface area contributed by atoms with Crippen LogP contribution in [0.4, 0.5) is 5.69 Å². The number of rotatable bonds is 7. The van der Waals surface area contributed by atoms with E-state index in [-0.39, 0.29) is 17.9 Å². The van der Waals surface area contributed by atoms with Gasteiger partial charge in [0.05, 0.1) is 23.4 Å². The van der Waals surface area contributed by atoms with Crippen molar-refractivity contribution in [3.8, 4) is 11.5 Å². The lowest BCUT2D eigenvalue weighted by molar-refractivity contribution is 0.0948. The fourth-order valence-electron chi connectivity index (χ4n) is 3.67. The first-order valence-electron chi connectivity index (χ1n) is 11.4. The van der Waals surface area contributed by atoms with Crippen molar-refractivity contribution in [3.63, 3.8) is 0 Å². The number of benzene rings is 1. The van der Waals surface area contributed by atoms with Crippen molar-refractivity contribution in [2.75, 3.05) is 11.9 Å². The second-order valence-corrected chi connectivity index (χ2v) is 9.04. The molecule has 0 aliphatic carbocycles. The van der Waals surface area contributed by atoms with Crippen LogP contribution in [0.1, 0.15) is 60.0 Å². The molecule has 0 atom stereocenters. The van der Waals surface area contributed by atoms with E-state index in [1.165, 1.54) is 0 Å². The number of aryl methyl sites for hydroxylation is 1. The number of hydrogen-bond acceptors (Lipinski definition) is 5. The average molecular weight is 460 g/mol. The van der Waals surface area contributed by atoms with Crippen molar-refractivity contribution >= 4 is 28.5 Å².